The van der Waals surface area contributed by atoms with E-state index in [2.05, 4.69) is 5.32 Å². The highest BCUT2D eigenvalue weighted by Crippen LogP contribution is 2.21. The monoisotopic (exact) mass is 251 g/mol. The third kappa shape index (κ3) is 3.92. The molecule has 0 fully saturated rings. The summed E-state index contributed by atoms with van der Waals surface area (Å²) in [6.45, 7) is 7.23. The van der Waals surface area contributed by atoms with Crippen molar-refractivity contribution in [3.63, 3.8) is 0 Å². The number of hydrogen-bond donors (Lipinski definition) is 3. The summed E-state index contributed by atoms with van der Waals surface area (Å²) in [5.41, 5.74) is 12.4. The summed E-state index contributed by atoms with van der Waals surface area (Å²) in [7, 11) is 0. The zero-order chi connectivity index (χ0) is 13.8. The first kappa shape index (κ1) is 14.3. The van der Waals surface area contributed by atoms with Gasteiger partial charge in [-0.25, -0.2) is 0 Å². The Balaban J connectivity index is 2.71. The van der Waals surface area contributed by atoms with Gasteiger partial charge in [-0.1, -0.05) is 0 Å². The van der Waals surface area contributed by atoms with E-state index in [1.165, 1.54) is 0 Å². The maximum Gasteiger partial charge on any atom is 0.248 e. The molecule has 0 saturated carbocycles. The minimum Gasteiger partial charge on any atom is -0.397 e. The largest absolute Gasteiger partial charge is 0.397 e. The predicted octanol–water partition coefficient (Wildman–Crippen LogP) is 1.59. The quantitative estimate of drug-likeness (QED) is 0.670. The predicted molar refractivity (Wildman–Crippen MR) is 73.6 cm³/mol. The Bertz CT molecular complexity index is 430. The summed E-state index contributed by atoms with van der Waals surface area (Å²) in [5, 5.41) is 3.20. The maximum absolute atomic E-state index is 11.0. The fraction of sp³-hybridized carbons (Fsp3) is 0.462. The van der Waals surface area contributed by atoms with Crippen LogP contribution in [0.25, 0.3) is 0 Å². The molecule has 0 atom stereocenters. The molecule has 5 N–H and O–H groups in total. The number of primary amides is 1. The molecular formula is C13H21N3O2. The Kier molecular flexibility index (Phi) is 4.55. The van der Waals surface area contributed by atoms with Crippen LogP contribution in [-0.4, -0.2) is 24.7 Å². The van der Waals surface area contributed by atoms with Crippen molar-refractivity contribution in [1.82, 2.24) is 0 Å². The molecule has 0 aliphatic heterocycles. The molecule has 0 aliphatic carbocycles. The first-order chi connectivity index (χ1) is 8.35. The van der Waals surface area contributed by atoms with Crippen LogP contribution in [0.5, 0.6) is 0 Å². The van der Waals surface area contributed by atoms with Crippen LogP contribution in [0, 0.1) is 0 Å². The maximum atomic E-state index is 11.0. The van der Waals surface area contributed by atoms with Crippen molar-refractivity contribution < 1.29 is 9.53 Å². The van der Waals surface area contributed by atoms with E-state index in [4.69, 9.17) is 16.2 Å². The molecule has 0 aromatic heterocycles. The third-order valence-electron chi connectivity index (χ3n) is 2.58. The smallest absolute Gasteiger partial charge is 0.248 e. The van der Waals surface area contributed by atoms with Crippen molar-refractivity contribution in [2.45, 2.75) is 26.4 Å². The Morgan fingerprint density at radius 1 is 1.44 bits per heavy atom. The summed E-state index contributed by atoms with van der Waals surface area (Å²) in [6.07, 6.45) is 0. The number of hydrogen-bond acceptors (Lipinski definition) is 4. The average Bonchev–Trinajstić information content (AvgIpc) is 2.27. The zero-order valence-electron chi connectivity index (χ0n) is 11.1. The van der Waals surface area contributed by atoms with Crippen LogP contribution >= 0.6 is 0 Å². The number of rotatable bonds is 6. The molecule has 1 rings (SSSR count). The van der Waals surface area contributed by atoms with Crippen LogP contribution in [0.1, 0.15) is 31.1 Å². The summed E-state index contributed by atoms with van der Waals surface area (Å²) >= 11 is 0. The lowest BCUT2D eigenvalue weighted by molar-refractivity contribution is 0.000706. The molecule has 5 heteroatoms. The summed E-state index contributed by atoms with van der Waals surface area (Å²) < 4.78 is 5.58. The fourth-order valence-corrected chi connectivity index (χ4v) is 1.63. The Morgan fingerprint density at radius 3 is 2.61 bits per heavy atom. The molecule has 1 amide bonds. The topological polar surface area (TPSA) is 90.4 Å². The number of nitrogens with two attached hydrogens (primary N) is 2. The van der Waals surface area contributed by atoms with Crippen molar-refractivity contribution in [1.29, 1.82) is 0 Å². The second-order valence-corrected chi connectivity index (χ2v) is 4.71. The standard InChI is InChI=1S/C13H21N3O2/c1-4-18-13(2,3)8-16-11-6-5-9(12(15)17)7-10(11)14/h5-7,16H,4,8,14H2,1-3H3,(H2,15,17). The van der Waals surface area contributed by atoms with Crippen molar-refractivity contribution >= 4 is 17.3 Å². The van der Waals surface area contributed by atoms with Crippen molar-refractivity contribution in [2.24, 2.45) is 5.73 Å². The van der Waals surface area contributed by atoms with Gasteiger partial charge in [-0.2, -0.15) is 0 Å². The normalized spacial score (nSPS) is 11.3. The number of carbonyl (C=O) groups excluding carboxylic acids is 1. The van der Waals surface area contributed by atoms with Gasteiger partial charge in [0.05, 0.1) is 17.0 Å². The van der Waals surface area contributed by atoms with E-state index in [0.29, 0.717) is 24.4 Å². The average molecular weight is 251 g/mol. The summed E-state index contributed by atoms with van der Waals surface area (Å²) in [6, 6.07) is 4.96. The fourth-order valence-electron chi connectivity index (χ4n) is 1.63. The van der Waals surface area contributed by atoms with Gasteiger partial charge in [0.15, 0.2) is 0 Å². The van der Waals surface area contributed by atoms with Crippen LogP contribution in [0.2, 0.25) is 0 Å². The van der Waals surface area contributed by atoms with Crippen LogP contribution in [-0.2, 0) is 4.74 Å². The number of amides is 1. The number of nitrogens with one attached hydrogen (secondary N) is 1. The highest BCUT2D eigenvalue weighted by Gasteiger charge is 2.17. The summed E-state index contributed by atoms with van der Waals surface area (Å²) in [4.78, 5) is 11.0. The molecule has 18 heavy (non-hydrogen) atoms. The highest BCUT2D eigenvalue weighted by atomic mass is 16.5. The lowest BCUT2D eigenvalue weighted by atomic mass is 10.1. The van der Waals surface area contributed by atoms with E-state index in [1.54, 1.807) is 18.2 Å². The Hall–Kier alpha value is -1.75. The third-order valence-corrected chi connectivity index (χ3v) is 2.58. The lowest BCUT2D eigenvalue weighted by Gasteiger charge is -2.25. The first-order valence-corrected chi connectivity index (χ1v) is 5.93. The van der Waals surface area contributed by atoms with Crippen molar-refractivity contribution in [3.8, 4) is 0 Å². The van der Waals surface area contributed by atoms with E-state index < -0.39 is 5.91 Å². The second kappa shape index (κ2) is 5.73. The van der Waals surface area contributed by atoms with Crippen LogP contribution < -0.4 is 16.8 Å². The molecule has 1 aromatic carbocycles. The van der Waals surface area contributed by atoms with E-state index in [9.17, 15) is 4.79 Å². The van der Waals surface area contributed by atoms with Crippen molar-refractivity contribution in [3.05, 3.63) is 23.8 Å². The Morgan fingerprint density at radius 2 is 2.11 bits per heavy atom. The minimum absolute atomic E-state index is 0.274. The molecule has 1 aromatic rings. The molecule has 0 unspecified atom stereocenters. The number of carbonyl (C=O) groups is 1. The lowest BCUT2D eigenvalue weighted by Crippen LogP contribution is -2.33. The molecular weight excluding hydrogens is 230 g/mol. The number of benzene rings is 1. The molecule has 0 spiro atoms. The van der Waals surface area contributed by atoms with E-state index >= 15 is 0 Å². The molecule has 100 valence electrons. The van der Waals surface area contributed by atoms with Gasteiger partial charge in [0.2, 0.25) is 5.91 Å². The number of nitrogen functional groups attached to an aromatic ring is 1. The van der Waals surface area contributed by atoms with Crippen LogP contribution in [0.15, 0.2) is 18.2 Å². The van der Waals surface area contributed by atoms with E-state index in [-0.39, 0.29) is 5.60 Å². The van der Waals surface area contributed by atoms with Gasteiger partial charge in [-0.05, 0) is 39.0 Å². The van der Waals surface area contributed by atoms with Gasteiger partial charge >= 0.3 is 0 Å². The second-order valence-electron chi connectivity index (χ2n) is 4.71. The van der Waals surface area contributed by atoms with E-state index in [1.807, 2.05) is 20.8 Å². The highest BCUT2D eigenvalue weighted by molar-refractivity contribution is 5.94. The first-order valence-electron chi connectivity index (χ1n) is 5.93. The number of ether oxygens (including phenoxy) is 1. The van der Waals surface area contributed by atoms with Gasteiger partial charge in [-0.15, -0.1) is 0 Å². The molecule has 0 heterocycles. The molecule has 0 radical (unpaired) electrons. The van der Waals surface area contributed by atoms with Gasteiger partial charge in [0, 0.05) is 18.7 Å². The van der Waals surface area contributed by atoms with E-state index in [0.717, 1.165) is 5.69 Å². The summed E-state index contributed by atoms with van der Waals surface area (Å²) in [5.74, 6) is -0.483. The molecule has 0 aliphatic rings. The molecule has 0 bridgehead atoms. The van der Waals surface area contributed by atoms with Gasteiger partial charge in [0.25, 0.3) is 0 Å². The molecule has 0 saturated heterocycles. The number of anilines is 2. The minimum atomic E-state index is -0.483. The van der Waals surface area contributed by atoms with Gasteiger partial charge < -0.3 is 21.5 Å². The van der Waals surface area contributed by atoms with Crippen molar-refractivity contribution in [2.75, 3.05) is 24.2 Å². The van der Waals surface area contributed by atoms with Gasteiger partial charge in [-0.3, -0.25) is 4.79 Å². The Labute approximate surface area is 107 Å². The molecule has 5 nitrogen and oxygen atoms in total. The van der Waals surface area contributed by atoms with Gasteiger partial charge in [0.1, 0.15) is 0 Å². The van der Waals surface area contributed by atoms with Crippen LogP contribution in [0.4, 0.5) is 11.4 Å². The van der Waals surface area contributed by atoms with Crippen LogP contribution in [0.3, 0.4) is 0 Å². The SMILES string of the molecule is CCOC(C)(C)CNc1ccc(C(N)=O)cc1N. The zero-order valence-corrected chi connectivity index (χ0v) is 11.1.